The van der Waals surface area contributed by atoms with Gasteiger partial charge in [0.05, 0.1) is 26.8 Å². The van der Waals surface area contributed by atoms with E-state index < -0.39 is 0 Å². The highest BCUT2D eigenvalue weighted by Gasteiger charge is 2.11. The predicted octanol–water partition coefficient (Wildman–Crippen LogP) is 3.46. The van der Waals surface area contributed by atoms with E-state index in [1.54, 1.807) is 21.3 Å². The number of para-hydroxylation sites is 1. The van der Waals surface area contributed by atoms with Gasteiger partial charge in [-0.25, -0.2) is 4.98 Å². The first kappa shape index (κ1) is 18.8. The SMILES string of the molecule is COc1cc(OC)c(OC)cc1CNCCNc1ccc2ccccc2n1. The van der Waals surface area contributed by atoms with Crippen molar-refractivity contribution < 1.29 is 14.2 Å². The summed E-state index contributed by atoms with van der Waals surface area (Å²) in [5.74, 6) is 2.99. The van der Waals surface area contributed by atoms with Gasteiger partial charge in [0.2, 0.25) is 0 Å². The van der Waals surface area contributed by atoms with Crippen LogP contribution >= 0.6 is 0 Å². The maximum absolute atomic E-state index is 5.45. The van der Waals surface area contributed by atoms with E-state index in [-0.39, 0.29) is 0 Å². The normalized spacial score (nSPS) is 10.6. The van der Waals surface area contributed by atoms with Crippen molar-refractivity contribution in [2.45, 2.75) is 6.54 Å². The molecule has 6 heteroatoms. The Morgan fingerprint density at radius 2 is 1.56 bits per heavy atom. The summed E-state index contributed by atoms with van der Waals surface area (Å²) in [6.45, 7) is 2.21. The number of nitrogens with one attached hydrogen (secondary N) is 2. The summed E-state index contributed by atoms with van der Waals surface area (Å²) in [7, 11) is 4.89. The van der Waals surface area contributed by atoms with Gasteiger partial charge in [-0.05, 0) is 24.3 Å². The van der Waals surface area contributed by atoms with Crippen molar-refractivity contribution in [3.63, 3.8) is 0 Å². The van der Waals surface area contributed by atoms with Crippen LogP contribution in [0, 0.1) is 0 Å². The molecule has 0 spiro atoms. The molecule has 1 aromatic heterocycles. The Balaban J connectivity index is 1.53. The van der Waals surface area contributed by atoms with Crippen LogP contribution in [0.25, 0.3) is 10.9 Å². The Kier molecular flexibility index (Phi) is 6.33. The molecule has 0 aliphatic carbocycles. The molecule has 142 valence electrons. The number of nitrogens with zero attached hydrogens (tertiary/aromatic N) is 1. The molecule has 0 atom stereocenters. The molecule has 2 aromatic carbocycles. The van der Waals surface area contributed by atoms with Gasteiger partial charge in [0.25, 0.3) is 0 Å². The standard InChI is InChI=1S/C21H25N3O3/c1-25-18-13-20(27-3)19(26-2)12-16(18)14-22-10-11-23-21-9-8-15-6-4-5-7-17(15)24-21/h4-9,12-13,22H,10-11,14H2,1-3H3,(H,23,24). The maximum Gasteiger partial charge on any atom is 0.164 e. The molecule has 0 radical (unpaired) electrons. The van der Waals surface area contributed by atoms with Crippen molar-refractivity contribution in [2.24, 2.45) is 0 Å². The van der Waals surface area contributed by atoms with Crippen LogP contribution in [0.5, 0.6) is 17.2 Å². The average molecular weight is 367 g/mol. The highest BCUT2D eigenvalue weighted by molar-refractivity contribution is 5.80. The molecule has 0 aliphatic heterocycles. The summed E-state index contributed by atoms with van der Waals surface area (Å²) in [5.41, 5.74) is 2.00. The lowest BCUT2D eigenvalue weighted by atomic mass is 10.1. The van der Waals surface area contributed by atoms with E-state index in [9.17, 15) is 0 Å². The van der Waals surface area contributed by atoms with Crippen LogP contribution in [0.2, 0.25) is 0 Å². The Bertz CT molecular complexity index is 899. The molecule has 6 nitrogen and oxygen atoms in total. The van der Waals surface area contributed by atoms with Gasteiger partial charge in [-0.3, -0.25) is 0 Å². The number of ether oxygens (including phenoxy) is 3. The number of rotatable bonds is 9. The van der Waals surface area contributed by atoms with E-state index in [1.165, 1.54) is 0 Å². The van der Waals surface area contributed by atoms with Crippen LogP contribution in [0.3, 0.4) is 0 Å². The fourth-order valence-corrected chi connectivity index (χ4v) is 2.90. The number of anilines is 1. The number of aromatic nitrogens is 1. The number of fused-ring (bicyclic) bond motifs is 1. The average Bonchev–Trinajstić information content (AvgIpc) is 2.72. The van der Waals surface area contributed by atoms with E-state index in [0.717, 1.165) is 41.1 Å². The van der Waals surface area contributed by atoms with Crippen LogP contribution < -0.4 is 24.8 Å². The molecule has 0 bridgehead atoms. The second kappa shape index (κ2) is 9.09. The summed E-state index contributed by atoms with van der Waals surface area (Å²) < 4.78 is 16.1. The number of benzene rings is 2. The van der Waals surface area contributed by atoms with Crippen LogP contribution in [0.1, 0.15) is 5.56 Å². The lowest BCUT2D eigenvalue weighted by Crippen LogP contribution is -2.22. The Morgan fingerprint density at radius 1 is 0.815 bits per heavy atom. The Morgan fingerprint density at radius 3 is 2.33 bits per heavy atom. The topological polar surface area (TPSA) is 64.6 Å². The molecule has 0 amide bonds. The minimum absolute atomic E-state index is 0.655. The Hall–Kier alpha value is -2.99. The first-order valence-corrected chi connectivity index (χ1v) is 8.84. The molecule has 0 fully saturated rings. The second-order valence-corrected chi connectivity index (χ2v) is 6.01. The van der Waals surface area contributed by atoms with Crippen LogP contribution in [-0.4, -0.2) is 39.4 Å². The van der Waals surface area contributed by atoms with Crippen molar-refractivity contribution in [2.75, 3.05) is 39.7 Å². The molecule has 0 saturated carbocycles. The minimum atomic E-state index is 0.655. The third-order valence-electron chi connectivity index (χ3n) is 4.31. The molecular formula is C21H25N3O3. The zero-order valence-electron chi connectivity index (χ0n) is 15.9. The van der Waals surface area contributed by atoms with Crippen molar-refractivity contribution in [1.29, 1.82) is 0 Å². The number of hydrogen-bond donors (Lipinski definition) is 2. The number of hydrogen-bond acceptors (Lipinski definition) is 6. The molecule has 27 heavy (non-hydrogen) atoms. The smallest absolute Gasteiger partial charge is 0.164 e. The number of methoxy groups -OCH3 is 3. The van der Waals surface area contributed by atoms with Crippen molar-refractivity contribution in [3.05, 3.63) is 54.1 Å². The summed E-state index contributed by atoms with van der Waals surface area (Å²) in [6.07, 6.45) is 0. The maximum atomic E-state index is 5.45. The van der Waals surface area contributed by atoms with Crippen molar-refractivity contribution in [1.82, 2.24) is 10.3 Å². The molecule has 3 rings (SSSR count). The van der Waals surface area contributed by atoms with E-state index in [4.69, 9.17) is 14.2 Å². The molecule has 1 heterocycles. The van der Waals surface area contributed by atoms with Crippen molar-refractivity contribution in [3.8, 4) is 17.2 Å². The monoisotopic (exact) mass is 367 g/mol. The first-order valence-electron chi connectivity index (χ1n) is 8.84. The van der Waals surface area contributed by atoms with Crippen LogP contribution in [0.15, 0.2) is 48.5 Å². The second-order valence-electron chi connectivity index (χ2n) is 6.01. The summed E-state index contributed by atoms with van der Waals surface area (Å²) in [5, 5.41) is 7.89. The molecular weight excluding hydrogens is 342 g/mol. The van der Waals surface area contributed by atoms with Gasteiger partial charge in [0.1, 0.15) is 11.6 Å². The minimum Gasteiger partial charge on any atom is -0.496 e. The fourth-order valence-electron chi connectivity index (χ4n) is 2.90. The Labute approximate surface area is 159 Å². The van der Waals surface area contributed by atoms with Gasteiger partial charge in [-0.15, -0.1) is 0 Å². The van der Waals surface area contributed by atoms with Crippen molar-refractivity contribution >= 4 is 16.7 Å². The van der Waals surface area contributed by atoms with Gasteiger partial charge < -0.3 is 24.8 Å². The summed E-state index contributed by atoms with van der Waals surface area (Å²) in [6, 6.07) is 15.9. The van der Waals surface area contributed by atoms with Crippen LogP contribution in [0.4, 0.5) is 5.82 Å². The highest BCUT2D eigenvalue weighted by atomic mass is 16.5. The lowest BCUT2D eigenvalue weighted by Gasteiger charge is -2.15. The van der Waals surface area contributed by atoms with Gasteiger partial charge in [0, 0.05) is 36.7 Å². The van der Waals surface area contributed by atoms with Gasteiger partial charge in [0.15, 0.2) is 11.5 Å². The zero-order chi connectivity index (χ0) is 19.1. The zero-order valence-corrected chi connectivity index (χ0v) is 15.9. The van der Waals surface area contributed by atoms with Crippen LogP contribution in [-0.2, 0) is 6.54 Å². The quantitative estimate of drug-likeness (QED) is 0.565. The summed E-state index contributed by atoms with van der Waals surface area (Å²) >= 11 is 0. The molecule has 0 unspecified atom stereocenters. The largest absolute Gasteiger partial charge is 0.496 e. The first-order chi connectivity index (χ1) is 13.2. The summed E-state index contributed by atoms with van der Waals surface area (Å²) in [4.78, 5) is 4.61. The molecule has 0 aliphatic rings. The lowest BCUT2D eigenvalue weighted by molar-refractivity contribution is 0.347. The molecule has 0 saturated heterocycles. The third-order valence-corrected chi connectivity index (χ3v) is 4.31. The van der Waals surface area contributed by atoms with E-state index in [1.807, 2.05) is 36.4 Å². The van der Waals surface area contributed by atoms with Gasteiger partial charge in [-0.2, -0.15) is 0 Å². The number of pyridine rings is 1. The fraction of sp³-hybridized carbons (Fsp3) is 0.286. The van der Waals surface area contributed by atoms with Gasteiger partial charge >= 0.3 is 0 Å². The molecule has 2 N–H and O–H groups in total. The predicted molar refractivity (Wildman–Crippen MR) is 108 cm³/mol. The highest BCUT2D eigenvalue weighted by Crippen LogP contribution is 2.34. The van der Waals surface area contributed by atoms with E-state index >= 15 is 0 Å². The van der Waals surface area contributed by atoms with Gasteiger partial charge in [-0.1, -0.05) is 18.2 Å². The third kappa shape index (κ3) is 4.60. The van der Waals surface area contributed by atoms with E-state index in [0.29, 0.717) is 18.0 Å². The molecule has 3 aromatic rings. The van der Waals surface area contributed by atoms with E-state index in [2.05, 4.69) is 27.8 Å².